The Labute approximate surface area is 187 Å². The van der Waals surface area contributed by atoms with Gasteiger partial charge in [0.15, 0.2) is 23.3 Å². The van der Waals surface area contributed by atoms with E-state index < -0.39 is 62.0 Å². The van der Waals surface area contributed by atoms with Crippen LogP contribution in [0.5, 0.6) is 0 Å². The average Bonchev–Trinajstić information content (AvgIpc) is 2.75. The summed E-state index contributed by atoms with van der Waals surface area (Å²) in [5.74, 6) is -8.64. The molecule has 1 fully saturated rings. The third-order valence-electron chi connectivity index (χ3n) is 6.29. The summed E-state index contributed by atoms with van der Waals surface area (Å²) in [4.78, 5) is 0. The van der Waals surface area contributed by atoms with Gasteiger partial charge in [0.05, 0.1) is 10.0 Å². The third-order valence-corrected chi connectivity index (χ3v) is 7.05. The SMILES string of the molecule is CCCCCCC1CCC(c2c(F)c(F)c(-c3cc(F)c(Br)c(F)c3)c(F)c2F)CC1. The zero-order chi connectivity index (χ0) is 22.7. The fourth-order valence-corrected chi connectivity index (χ4v) is 4.79. The van der Waals surface area contributed by atoms with Gasteiger partial charge in [-0.15, -0.1) is 0 Å². The lowest BCUT2D eigenvalue weighted by atomic mass is 9.76. The van der Waals surface area contributed by atoms with E-state index in [9.17, 15) is 26.3 Å². The van der Waals surface area contributed by atoms with Gasteiger partial charge in [0, 0.05) is 5.56 Å². The lowest BCUT2D eigenvalue weighted by Crippen LogP contribution is -2.17. The van der Waals surface area contributed by atoms with Crippen LogP contribution in [0.1, 0.15) is 76.2 Å². The van der Waals surface area contributed by atoms with Gasteiger partial charge in [-0.1, -0.05) is 39.0 Å². The summed E-state index contributed by atoms with van der Waals surface area (Å²) < 4.78 is 86.4. The van der Waals surface area contributed by atoms with Gasteiger partial charge in [-0.25, -0.2) is 26.3 Å². The Morgan fingerprint density at radius 2 is 1.32 bits per heavy atom. The van der Waals surface area contributed by atoms with Crippen LogP contribution in [0.15, 0.2) is 16.6 Å². The molecule has 0 bridgehead atoms. The van der Waals surface area contributed by atoms with E-state index in [0.29, 0.717) is 30.9 Å². The van der Waals surface area contributed by atoms with Crippen molar-refractivity contribution in [2.75, 3.05) is 0 Å². The van der Waals surface area contributed by atoms with Crippen LogP contribution in [0.3, 0.4) is 0 Å². The smallest absolute Gasteiger partial charge is 0.170 e. The molecular formula is C24H25BrF6. The zero-order valence-corrected chi connectivity index (χ0v) is 18.9. The predicted octanol–water partition coefficient (Wildman–Crippen LogP) is 9.19. The molecule has 3 rings (SSSR count). The van der Waals surface area contributed by atoms with E-state index >= 15 is 0 Å². The largest absolute Gasteiger partial charge is 0.206 e. The second-order valence-corrected chi connectivity index (χ2v) is 9.16. The van der Waals surface area contributed by atoms with Crippen LogP contribution in [-0.2, 0) is 0 Å². The molecule has 2 aromatic carbocycles. The van der Waals surface area contributed by atoms with E-state index in [4.69, 9.17) is 0 Å². The lowest BCUT2D eigenvalue weighted by molar-refractivity contribution is 0.290. The number of halogens is 7. The van der Waals surface area contributed by atoms with Crippen LogP contribution in [0, 0.1) is 40.8 Å². The molecule has 0 unspecified atom stereocenters. The van der Waals surface area contributed by atoms with Crippen molar-refractivity contribution in [2.45, 2.75) is 70.6 Å². The Balaban J connectivity index is 1.85. The fourth-order valence-electron chi connectivity index (χ4n) is 4.56. The van der Waals surface area contributed by atoms with Crippen molar-refractivity contribution < 1.29 is 26.3 Å². The summed E-state index contributed by atoms with van der Waals surface area (Å²) in [5.41, 5.74) is -2.30. The van der Waals surface area contributed by atoms with Crippen LogP contribution in [0.25, 0.3) is 11.1 Å². The van der Waals surface area contributed by atoms with E-state index in [1.165, 1.54) is 6.42 Å². The van der Waals surface area contributed by atoms with Crippen molar-refractivity contribution in [3.8, 4) is 11.1 Å². The highest BCUT2D eigenvalue weighted by Gasteiger charge is 2.33. The van der Waals surface area contributed by atoms with Crippen LogP contribution in [-0.4, -0.2) is 0 Å². The van der Waals surface area contributed by atoms with E-state index in [1.54, 1.807) is 0 Å². The average molecular weight is 507 g/mol. The van der Waals surface area contributed by atoms with Gasteiger partial charge in [-0.3, -0.25) is 0 Å². The van der Waals surface area contributed by atoms with Gasteiger partial charge in [-0.05, 0) is 71.1 Å². The van der Waals surface area contributed by atoms with Gasteiger partial charge in [-0.2, -0.15) is 0 Å². The van der Waals surface area contributed by atoms with Crippen molar-refractivity contribution in [1.29, 1.82) is 0 Å². The van der Waals surface area contributed by atoms with Crippen molar-refractivity contribution in [2.24, 2.45) is 5.92 Å². The Bertz CT molecular complexity index is 882. The van der Waals surface area contributed by atoms with Gasteiger partial charge in [0.25, 0.3) is 0 Å². The van der Waals surface area contributed by atoms with E-state index in [1.807, 2.05) is 0 Å². The molecule has 0 aliphatic heterocycles. The Morgan fingerprint density at radius 3 is 1.84 bits per heavy atom. The highest BCUT2D eigenvalue weighted by molar-refractivity contribution is 9.10. The maximum absolute atomic E-state index is 14.9. The molecule has 0 saturated heterocycles. The van der Waals surface area contributed by atoms with Crippen LogP contribution < -0.4 is 0 Å². The monoisotopic (exact) mass is 506 g/mol. The highest BCUT2D eigenvalue weighted by Crippen LogP contribution is 2.43. The Morgan fingerprint density at radius 1 is 0.774 bits per heavy atom. The standard InChI is InChI=1S/C24H25BrF6/c1-2-3-4-5-6-13-7-9-14(10-8-13)18-21(28)23(30)19(24(31)22(18)29)15-11-16(26)20(25)17(27)12-15/h11-14H,2-10H2,1H3. The summed E-state index contributed by atoms with van der Waals surface area (Å²) in [5, 5.41) is 0. The van der Waals surface area contributed by atoms with Gasteiger partial charge in [0.2, 0.25) is 0 Å². The normalized spacial score (nSPS) is 19.1. The number of hydrogen-bond donors (Lipinski definition) is 0. The molecule has 0 spiro atoms. The molecule has 0 atom stereocenters. The third kappa shape index (κ3) is 5.12. The summed E-state index contributed by atoms with van der Waals surface area (Å²) >= 11 is 2.66. The fraction of sp³-hybridized carbons (Fsp3) is 0.500. The predicted molar refractivity (Wildman–Crippen MR) is 113 cm³/mol. The van der Waals surface area contributed by atoms with Crippen molar-refractivity contribution >= 4 is 15.9 Å². The number of benzene rings is 2. The van der Waals surface area contributed by atoms with Gasteiger partial charge in [0.1, 0.15) is 11.6 Å². The summed E-state index contributed by atoms with van der Waals surface area (Å²) in [7, 11) is 0. The molecule has 31 heavy (non-hydrogen) atoms. The molecular weight excluding hydrogens is 482 g/mol. The Kier molecular flexibility index (Phi) is 8.11. The number of hydrogen-bond acceptors (Lipinski definition) is 0. The molecule has 1 aliphatic rings. The van der Waals surface area contributed by atoms with E-state index in [2.05, 4.69) is 22.9 Å². The molecule has 0 aromatic heterocycles. The summed E-state index contributed by atoms with van der Waals surface area (Å²) in [6.07, 6.45) is 8.07. The molecule has 7 heteroatoms. The van der Waals surface area contributed by atoms with Crippen LogP contribution in [0.2, 0.25) is 0 Å². The summed E-state index contributed by atoms with van der Waals surface area (Å²) in [6, 6.07) is 1.27. The van der Waals surface area contributed by atoms with Gasteiger partial charge >= 0.3 is 0 Å². The van der Waals surface area contributed by atoms with Crippen molar-refractivity contribution in [3.05, 3.63) is 57.1 Å². The maximum atomic E-state index is 14.9. The second kappa shape index (κ2) is 10.4. The molecule has 0 heterocycles. The quantitative estimate of drug-likeness (QED) is 0.152. The number of rotatable bonds is 7. The first kappa shape index (κ1) is 24.1. The molecule has 1 aliphatic carbocycles. The van der Waals surface area contributed by atoms with Crippen molar-refractivity contribution in [1.82, 2.24) is 0 Å². The minimum absolute atomic E-state index is 0.450. The highest BCUT2D eigenvalue weighted by atomic mass is 79.9. The second-order valence-electron chi connectivity index (χ2n) is 8.37. The first-order chi connectivity index (χ1) is 14.8. The molecule has 0 radical (unpaired) electrons. The molecule has 1 saturated carbocycles. The topological polar surface area (TPSA) is 0 Å². The van der Waals surface area contributed by atoms with Crippen LogP contribution >= 0.6 is 15.9 Å². The van der Waals surface area contributed by atoms with Crippen molar-refractivity contribution in [3.63, 3.8) is 0 Å². The first-order valence-corrected chi connectivity index (χ1v) is 11.6. The molecule has 0 nitrogen and oxygen atoms in total. The molecule has 2 aromatic rings. The minimum atomic E-state index is -1.63. The lowest BCUT2D eigenvalue weighted by Gasteiger charge is -2.29. The zero-order valence-electron chi connectivity index (χ0n) is 17.3. The minimum Gasteiger partial charge on any atom is -0.206 e. The molecule has 0 N–H and O–H groups in total. The Hall–Kier alpha value is -1.50. The number of unbranched alkanes of at least 4 members (excludes halogenated alkanes) is 3. The first-order valence-electron chi connectivity index (χ1n) is 10.8. The van der Waals surface area contributed by atoms with Gasteiger partial charge < -0.3 is 0 Å². The van der Waals surface area contributed by atoms with Crippen LogP contribution in [0.4, 0.5) is 26.3 Å². The van der Waals surface area contributed by atoms with E-state index in [-0.39, 0.29) is 0 Å². The molecule has 0 amide bonds. The maximum Gasteiger partial charge on any atom is 0.170 e. The van der Waals surface area contributed by atoms with E-state index in [0.717, 1.165) is 38.5 Å². The summed E-state index contributed by atoms with van der Waals surface area (Å²) in [6.45, 7) is 2.14. The molecule has 170 valence electrons.